The van der Waals surface area contributed by atoms with Gasteiger partial charge in [-0.05, 0) is 32.2 Å². The Kier molecular flexibility index (Phi) is 7.97. The summed E-state index contributed by atoms with van der Waals surface area (Å²) < 4.78 is 22.1. The van der Waals surface area contributed by atoms with Crippen LogP contribution < -0.4 is 5.32 Å². The fourth-order valence-corrected chi connectivity index (χ4v) is 2.85. The highest BCUT2D eigenvalue weighted by atomic mass is 32.2. The van der Waals surface area contributed by atoms with Crippen molar-refractivity contribution in [3.63, 3.8) is 0 Å². The number of nitrogens with one attached hydrogen (secondary N) is 1. The Morgan fingerprint density at radius 3 is 2.38 bits per heavy atom. The number of sulfone groups is 1. The molecule has 0 heterocycles. The predicted molar refractivity (Wildman–Crippen MR) is 67.3 cm³/mol. The molecule has 4 nitrogen and oxygen atoms in total. The summed E-state index contributed by atoms with van der Waals surface area (Å²) in [7, 11) is -2.91. The summed E-state index contributed by atoms with van der Waals surface area (Å²) in [6, 6.07) is -0.0203. The van der Waals surface area contributed by atoms with Crippen molar-refractivity contribution in [3.05, 3.63) is 0 Å². The Morgan fingerprint density at radius 1 is 1.31 bits per heavy atom. The second kappa shape index (κ2) is 8.03. The molecule has 16 heavy (non-hydrogen) atoms. The van der Waals surface area contributed by atoms with E-state index in [4.69, 9.17) is 5.11 Å². The van der Waals surface area contributed by atoms with E-state index in [9.17, 15) is 8.42 Å². The highest BCUT2D eigenvalue weighted by Crippen LogP contribution is 2.09. The van der Waals surface area contributed by atoms with Crippen molar-refractivity contribution in [2.24, 2.45) is 5.92 Å². The molecule has 0 rings (SSSR count). The van der Waals surface area contributed by atoms with E-state index in [1.807, 2.05) is 6.92 Å². The summed E-state index contributed by atoms with van der Waals surface area (Å²) in [5.74, 6) is 0.613. The third kappa shape index (κ3) is 9.12. The molecule has 0 amide bonds. The molecule has 0 saturated carbocycles. The number of hydrogen-bond acceptors (Lipinski definition) is 4. The van der Waals surface area contributed by atoms with Crippen molar-refractivity contribution < 1.29 is 13.5 Å². The minimum absolute atomic E-state index is 0.0203. The van der Waals surface area contributed by atoms with Crippen LogP contribution >= 0.6 is 0 Å². The largest absolute Gasteiger partial charge is 0.396 e. The van der Waals surface area contributed by atoms with Gasteiger partial charge in [-0.3, -0.25) is 0 Å². The Bertz CT molecular complexity index is 258. The molecule has 2 unspecified atom stereocenters. The van der Waals surface area contributed by atoms with Crippen LogP contribution in [0.25, 0.3) is 0 Å². The van der Waals surface area contributed by atoms with Gasteiger partial charge < -0.3 is 10.4 Å². The molecular weight excluding hydrogens is 226 g/mol. The van der Waals surface area contributed by atoms with Crippen LogP contribution in [0.1, 0.15) is 33.1 Å². The summed E-state index contributed by atoms with van der Waals surface area (Å²) in [5.41, 5.74) is 0. The lowest BCUT2D eigenvalue weighted by molar-refractivity contribution is 0.246. The van der Waals surface area contributed by atoms with Gasteiger partial charge in [0.1, 0.15) is 9.84 Å². The minimum Gasteiger partial charge on any atom is -0.396 e. The SMILES string of the molecule is CCCC(CCO)CNC(C)CS(C)(=O)=O. The van der Waals surface area contributed by atoms with Crippen molar-refractivity contribution in [2.75, 3.05) is 25.2 Å². The second-order valence-corrected chi connectivity index (χ2v) is 6.75. The van der Waals surface area contributed by atoms with Gasteiger partial charge in [0.2, 0.25) is 0 Å². The number of hydrogen-bond donors (Lipinski definition) is 2. The number of aliphatic hydroxyl groups excluding tert-OH is 1. The van der Waals surface area contributed by atoms with E-state index in [-0.39, 0.29) is 18.4 Å². The first-order valence-corrected chi connectivity index (χ1v) is 7.97. The molecule has 0 aliphatic heterocycles. The molecule has 0 radical (unpaired) electrons. The Balaban J connectivity index is 3.90. The topological polar surface area (TPSA) is 66.4 Å². The zero-order chi connectivity index (χ0) is 12.6. The fraction of sp³-hybridized carbons (Fsp3) is 1.00. The lowest BCUT2D eigenvalue weighted by Gasteiger charge is -2.19. The van der Waals surface area contributed by atoms with Gasteiger partial charge in [-0.1, -0.05) is 13.3 Å². The highest BCUT2D eigenvalue weighted by Gasteiger charge is 2.12. The van der Waals surface area contributed by atoms with Gasteiger partial charge in [-0.25, -0.2) is 8.42 Å². The minimum atomic E-state index is -2.91. The van der Waals surface area contributed by atoms with E-state index in [1.54, 1.807) is 0 Å². The van der Waals surface area contributed by atoms with Crippen LogP contribution in [0, 0.1) is 5.92 Å². The third-order valence-electron chi connectivity index (χ3n) is 2.54. The standard InChI is InChI=1S/C11H25NO3S/c1-4-5-11(6-7-13)8-12-10(2)9-16(3,14)15/h10-13H,4-9H2,1-3H3. The van der Waals surface area contributed by atoms with Crippen molar-refractivity contribution in [1.82, 2.24) is 5.32 Å². The molecule has 98 valence electrons. The zero-order valence-corrected chi connectivity index (χ0v) is 11.4. The number of rotatable bonds is 9. The molecule has 0 bridgehead atoms. The predicted octanol–water partition coefficient (Wildman–Crippen LogP) is 0.808. The summed E-state index contributed by atoms with van der Waals surface area (Å²) in [4.78, 5) is 0. The van der Waals surface area contributed by atoms with Crippen molar-refractivity contribution in [2.45, 2.75) is 39.2 Å². The lowest BCUT2D eigenvalue weighted by atomic mass is 10.00. The Morgan fingerprint density at radius 2 is 1.94 bits per heavy atom. The molecule has 0 aliphatic rings. The van der Waals surface area contributed by atoms with Gasteiger partial charge in [-0.2, -0.15) is 0 Å². The molecule has 0 fully saturated rings. The van der Waals surface area contributed by atoms with Gasteiger partial charge in [0.05, 0.1) is 5.75 Å². The molecule has 0 saturated heterocycles. The van der Waals surface area contributed by atoms with E-state index in [0.717, 1.165) is 25.8 Å². The smallest absolute Gasteiger partial charge is 0.148 e. The Hall–Kier alpha value is -0.130. The summed E-state index contributed by atoms with van der Waals surface area (Å²) in [6.07, 6.45) is 4.20. The summed E-state index contributed by atoms with van der Waals surface area (Å²) in [5, 5.41) is 12.1. The maximum Gasteiger partial charge on any atom is 0.148 e. The molecule has 2 atom stereocenters. The maximum atomic E-state index is 11.1. The van der Waals surface area contributed by atoms with Crippen LogP contribution in [0.3, 0.4) is 0 Å². The van der Waals surface area contributed by atoms with Gasteiger partial charge >= 0.3 is 0 Å². The maximum absolute atomic E-state index is 11.1. The van der Waals surface area contributed by atoms with E-state index < -0.39 is 9.84 Å². The number of aliphatic hydroxyl groups is 1. The van der Waals surface area contributed by atoms with Crippen LogP contribution in [0.5, 0.6) is 0 Å². The van der Waals surface area contributed by atoms with Crippen LogP contribution in [-0.4, -0.2) is 44.7 Å². The molecule has 0 aromatic carbocycles. The average molecular weight is 251 g/mol. The van der Waals surface area contributed by atoms with Crippen LogP contribution in [0.4, 0.5) is 0 Å². The van der Waals surface area contributed by atoms with Gasteiger partial charge in [-0.15, -0.1) is 0 Å². The quantitative estimate of drug-likeness (QED) is 0.636. The zero-order valence-electron chi connectivity index (χ0n) is 10.6. The molecular formula is C11H25NO3S. The van der Waals surface area contributed by atoms with Crippen molar-refractivity contribution >= 4 is 9.84 Å². The van der Waals surface area contributed by atoms with Crippen molar-refractivity contribution in [1.29, 1.82) is 0 Å². The Labute approximate surface area is 99.4 Å². The molecule has 5 heteroatoms. The normalized spacial score (nSPS) is 16.0. The van der Waals surface area contributed by atoms with Gasteiger partial charge in [0.25, 0.3) is 0 Å². The summed E-state index contributed by atoms with van der Waals surface area (Å²) >= 11 is 0. The fourth-order valence-electron chi connectivity index (χ4n) is 1.82. The van der Waals surface area contributed by atoms with E-state index in [2.05, 4.69) is 12.2 Å². The van der Waals surface area contributed by atoms with Gasteiger partial charge in [0.15, 0.2) is 0 Å². The van der Waals surface area contributed by atoms with Crippen LogP contribution in [0.2, 0.25) is 0 Å². The van der Waals surface area contributed by atoms with E-state index >= 15 is 0 Å². The average Bonchev–Trinajstić information content (AvgIpc) is 2.12. The van der Waals surface area contributed by atoms with Crippen LogP contribution in [-0.2, 0) is 9.84 Å². The third-order valence-corrected chi connectivity index (χ3v) is 3.65. The molecule has 0 aromatic heterocycles. The highest BCUT2D eigenvalue weighted by molar-refractivity contribution is 7.90. The first-order valence-electron chi connectivity index (χ1n) is 5.91. The molecule has 0 aromatic rings. The monoisotopic (exact) mass is 251 g/mol. The van der Waals surface area contributed by atoms with E-state index in [1.165, 1.54) is 6.26 Å². The molecule has 0 aliphatic carbocycles. The second-order valence-electron chi connectivity index (χ2n) is 4.57. The van der Waals surface area contributed by atoms with Crippen molar-refractivity contribution in [3.8, 4) is 0 Å². The molecule has 2 N–H and O–H groups in total. The lowest BCUT2D eigenvalue weighted by Crippen LogP contribution is -2.36. The summed E-state index contributed by atoms with van der Waals surface area (Å²) in [6.45, 7) is 4.98. The van der Waals surface area contributed by atoms with Gasteiger partial charge in [0, 0.05) is 18.9 Å². The van der Waals surface area contributed by atoms with E-state index in [0.29, 0.717) is 5.92 Å². The molecule has 0 spiro atoms. The first-order chi connectivity index (χ1) is 7.39. The first kappa shape index (κ1) is 15.9. The van der Waals surface area contributed by atoms with Crippen LogP contribution in [0.15, 0.2) is 0 Å².